The van der Waals surface area contributed by atoms with Crippen LogP contribution in [0.15, 0.2) is 68.4 Å². The van der Waals surface area contributed by atoms with Gasteiger partial charge in [-0.2, -0.15) is 0 Å². The molecule has 0 saturated heterocycles. The fraction of sp³-hybridized carbons (Fsp3) is 0.227. The van der Waals surface area contributed by atoms with Gasteiger partial charge in [0, 0.05) is 16.2 Å². The second-order valence-electron chi connectivity index (χ2n) is 7.16. The van der Waals surface area contributed by atoms with E-state index in [0.29, 0.717) is 29.6 Å². The number of rotatable bonds is 6. The number of aromatic amines is 1. The Balaban J connectivity index is 2.05. The zero-order valence-corrected chi connectivity index (χ0v) is 17.2. The number of aromatic nitrogens is 2. The van der Waals surface area contributed by atoms with Gasteiger partial charge in [-0.05, 0) is 36.2 Å². The predicted octanol–water partition coefficient (Wildman–Crippen LogP) is 5.38. The molecule has 8 heteroatoms. The number of amidine groups is 1. The highest BCUT2D eigenvalue weighted by molar-refractivity contribution is 6.04. The van der Waals surface area contributed by atoms with E-state index in [2.05, 4.69) is 40.6 Å². The standard InChI is InChI=1S/C22H23N7O/c1-14(2)18-7-5-6-8-19(18)20(24-4)26-21-15(3)25-22(30)29(21)13-16-9-11-17(12-10-16)27-28-23/h5-12,14H,4,13H2,1-3H3,(H,25,30)/b26-20-. The van der Waals surface area contributed by atoms with Gasteiger partial charge in [0.15, 0.2) is 11.7 Å². The number of nitrogens with zero attached hydrogens (tertiary/aromatic N) is 6. The van der Waals surface area contributed by atoms with Crippen molar-refractivity contribution in [2.24, 2.45) is 15.1 Å². The van der Waals surface area contributed by atoms with Crippen LogP contribution in [0.25, 0.3) is 10.4 Å². The molecule has 0 fully saturated rings. The Bertz CT molecular complexity index is 1190. The van der Waals surface area contributed by atoms with Gasteiger partial charge in [-0.1, -0.05) is 67.5 Å². The largest absolute Gasteiger partial charge is 0.327 e. The topological polar surface area (TPSA) is 111 Å². The maximum atomic E-state index is 12.5. The Labute approximate surface area is 174 Å². The summed E-state index contributed by atoms with van der Waals surface area (Å²) in [6.45, 7) is 10.0. The lowest BCUT2D eigenvalue weighted by atomic mass is 9.96. The van der Waals surface area contributed by atoms with Gasteiger partial charge in [-0.3, -0.25) is 4.57 Å². The van der Waals surface area contributed by atoms with E-state index in [-0.39, 0.29) is 11.6 Å². The van der Waals surface area contributed by atoms with E-state index in [1.54, 1.807) is 23.6 Å². The van der Waals surface area contributed by atoms with Crippen molar-refractivity contribution in [3.05, 3.63) is 91.8 Å². The summed E-state index contributed by atoms with van der Waals surface area (Å²) in [4.78, 5) is 27.0. The molecular weight excluding hydrogens is 378 g/mol. The molecule has 30 heavy (non-hydrogen) atoms. The minimum absolute atomic E-state index is 0.258. The molecule has 0 amide bonds. The number of nitrogens with one attached hydrogen (secondary N) is 1. The first-order valence-electron chi connectivity index (χ1n) is 9.52. The molecule has 0 spiro atoms. The number of imidazole rings is 1. The third-order valence-corrected chi connectivity index (χ3v) is 4.75. The number of hydrogen-bond acceptors (Lipinski definition) is 3. The van der Waals surface area contributed by atoms with Gasteiger partial charge >= 0.3 is 5.69 Å². The molecule has 0 bridgehead atoms. The Morgan fingerprint density at radius 2 is 1.90 bits per heavy atom. The summed E-state index contributed by atoms with van der Waals surface area (Å²) in [5.41, 5.74) is 12.3. The van der Waals surface area contributed by atoms with Crippen molar-refractivity contribution in [2.45, 2.75) is 33.2 Å². The summed E-state index contributed by atoms with van der Waals surface area (Å²) in [6.07, 6.45) is 0. The first-order valence-corrected chi connectivity index (χ1v) is 9.52. The van der Waals surface area contributed by atoms with E-state index in [1.807, 2.05) is 36.4 Å². The predicted molar refractivity (Wildman–Crippen MR) is 120 cm³/mol. The van der Waals surface area contributed by atoms with Crippen LogP contribution in [0.2, 0.25) is 0 Å². The molecule has 0 aliphatic rings. The fourth-order valence-electron chi connectivity index (χ4n) is 3.26. The number of azide groups is 1. The second kappa shape index (κ2) is 9.07. The molecule has 3 aromatic rings. The van der Waals surface area contributed by atoms with Crippen LogP contribution in [0.4, 0.5) is 11.5 Å². The molecule has 3 rings (SSSR count). The van der Waals surface area contributed by atoms with Gasteiger partial charge in [0.05, 0.1) is 12.2 Å². The Kier molecular flexibility index (Phi) is 6.29. The molecule has 0 aliphatic heterocycles. The van der Waals surface area contributed by atoms with Crippen molar-refractivity contribution < 1.29 is 0 Å². The van der Waals surface area contributed by atoms with Gasteiger partial charge in [-0.25, -0.2) is 14.8 Å². The van der Waals surface area contributed by atoms with Crippen LogP contribution in [0.5, 0.6) is 0 Å². The van der Waals surface area contributed by atoms with Crippen molar-refractivity contribution in [3.63, 3.8) is 0 Å². The lowest BCUT2D eigenvalue weighted by molar-refractivity contribution is 0.764. The van der Waals surface area contributed by atoms with E-state index < -0.39 is 0 Å². The van der Waals surface area contributed by atoms with Crippen LogP contribution >= 0.6 is 0 Å². The number of hydrogen-bond donors (Lipinski definition) is 1. The highest BCUT2D eigenvalue weighted by Crippen LogP contribution is 2.24. The van der Waals surface area contributed by atoms with Gasteiger partial charge in [0.25, 0.3) is 0 Å². The van der Waals surface area contributed by atoms with Crippen LogP contribution in [-0.2, 0) is 6.54 Å². The van der Waals surface area contributed by atoms with Crippen molar-refractivity contribution in [1.29, 1.82) is 0 Å². The zero-order valence-electron chi connectivity index (χ0n) is 17.2. The van der Waals surface area contributed by atoms with E-state index in [0.717, 1.165) is 16.7 Å². The van der Waals surface area contributed by atoms with Crippen LogP contribution < -0.4 is 5.69 Å². The first kappa shape index (κ1) is 20.8. The van der Waals surface area contributed by atoms with E-state index in [4.69, 9.17) is 10.5 Å². The minimum Gasteiger partial charge on any atom is -0.308 e. The van der Waals surface area contributed by atoms with Gasteiger partial charge < -0.3 is 4.98 Å². The number of H-pyrrole nitrogens is 1. The molecule has 1 N–H and O–H groups in total. The Morgan fingerprint density at radius 3 is 2.53 bits per heavy atom. The Morgan fingerprint density at radius 1 is 1.20 bits per heavy atom. The number of aliphatic imine (C=N–C) groups is 2. The average molecular weight is 401 g/mol. The molecule has 1 aromatic heterocycles. The van der Waals surface area contributed by atoms with E-state index in [9.17, 15) is 4.79 Å². The fourth-order valence-corrected chi connectivity index (χ4v) is 3.26. The summed E-state index contributed by atoms with van der Waals surface area (Å²) in [5, 5.41) is 3.57. The molecule has 1 heterocycles. The van der Waals surface area contributed by atoms with Crippen LogP contribution in [0, 0.1) is 6.92 Å². The van der Waals surface area contributed by atoms with Crippen molar-refractivity contribution in [1.82, 2.24) is 9.55 Å². The number of benzene rings is 2. The first-order chi connectivity index (χ1) is 14.4. The van der Waals surface area contributed by atoms with Crippen LogP contribution in [0.3, 0.4) is 0 Å². The van der Waals surface area contributed by atoms with Crippen LogP contribution in [0.1, 0.15) is 42.1 Å². The highest BCUT2D eigenvalue weighted by Gasteiger charge is 2.15. The van der Waals surface area contributed by atoms with Gasteiger partial charge in [0.2, 0.25) is 0 Å². The van der Waals surface area contributed by atoms with E-state index >= 15 is 0 Å². The second-order valence-corrected chi connectivity index (χ2v) is 7.16. The molecule has 152 valence electrons. The highest BCUT2D eigenvalue weighted by atomic mass is 16.1. The minimum atomic E-state index is -0.258. The summed E-state index contributed by atoms with van der Waals surface area (Å²) in [6, 6.07) is 15.0. The SMILES string of the molecule is C=N/C(=N\c1c(C)[nH]c(=O)n1Cc1ccc(N=[N+]=[N-])cc1)c1ccccc1C(C)C. The molecule has 2 aromatic carbocycles. The molecule has 0 saturated carbocycles. The molecule has 0 radical (unpaired) electrons. The zero-order chi connectivity index (χ0) is 21.7. The normalized spacial score (nSPS) is 11.4. The summed E-state index contributed by atoms with van der Waals surface area (Å²) >= 11 is 0. The molecule has 8 nitrogen and oxygen atoms in total. The monoisotopic (exact) mass is 401 g/mol. The van der Waals surface area contributed by atoms with Gasteiger partial charge in [-0.15, -0.1) is 0 Å². The lowest BCUT2D eigenvalue weighted by Gasteiger charge is -2.12. The van der Waals surface area contributed by atoms with Gasteiger partial charge in [0.1, 0.15) is 0 Å². The molecule has 0 unspecified atom stereocenters. The quantitative estimate of drug-likeness (QED) is 0.193. The molecular formula is C22H23N7O. The Hall–Kier alpha value is -3.90. The summed E-state index contributed by atoms with van der Waals surface area (Å²) in [7, 11) is 0. The number of aryl methyl sites for hydroxylation is 1. The molecule has 0 atom stereocenters. The van der Waals surface area contributed by atoms with Crippen molar-refractivity contribution in [2.75, 3.05) is 0 Å². The van der Waals surface area contributed by atoms with E-state index in [1.165, 1.54) is 0 Å². The third-order valence-electron chi connectivity index (χ3n) is 4.75. The lowest BCUT2D eigenvalue weighted by Crippen LogP contribution is -2.17. The summed E-state index contributed by atoms with van der Waals surface area (Å²) in [5.74, 6) is 1.26. The average Bonchev–Trinajstić information content (AvgIpc) is 3.00. The maximum Gasteiger partial charge on any atom is 0.327 e. The van der Waals surface area contributed by atoms with Crippen molar-refractivity contribution in [3.8, 4) is 0 Å². The van der Waals surface area contributed by atoms with Crippen molar-refractivity contribution >= 4 is 24.1 Å². The molecule has 0 aliphatic carbocycles. The third kappa shape index (κ3) is 4.39. The smallest absolute Gasteiger partial charge is 0.308 e. The summed E-state index contributed by atoms with van der Waals surface area (Å²) < 4.78 is 1.56. The maximum absolute atomic E-state index is 12.5. The van der Waals surface area contributed by atoms with Crippen LogP contribution in [-0.4, -0.2) is 22.1 Å².